The Hall–Kier alpha value is -1.18. The van der Waals surface area contributed by atoms with E-state index in [4.69, 9.17) is 10.7 Å². The molecule has 0 N–H and O–H groups in total. The second-order valence-corrected chi connectivity index (χ2v) is 9.07. The number of benzene rings is 1. The third kappa shape index (κ3) is 2.54. The molecular weight excluding hydrogens is 332 g/mol. The minimum Gasteiger partial charge on any atom is -0.287 e. The predicted octanol–water partition coefficient (Wildman–Crippen LogP) is 2.59. The van der Waals surface area contributed by atoms with E-state index in [0.717, 1.165) is 21.3 Å². The van der Waals surface area contributed by atoms with Crippen molar-refractivity contribution >= 4 is 52.3 Å². The summed E-state index contributed by atoms with van der Waals surface area (Å²) < 4.78 is 23.8. The van der Waals surface area contributed by atoms with E-state index >= 15 is 0 Å². The highest BCUT2D eigenvalue weighted by molar-refractivity contribution is 8.14. The molecule has 112 valence electrons. The van der Waals surface area contributed by atoms with E-state index < -0.39 is 14.3 Å². The van der Waals surface area contributed by atoms with Gasteiger partial charge in [-0.3, -0.25) is 9.69 Å². The van der Waals surface area contributed by atoms with E-state index in [1.165, 1.54) is 16.2 Å². The number of aromatic nitrogens is 1. The van der Waals surface area contributed by atoms with Crippen LogP contribution in [0.2, 0.25) is 0 Å². The van der Waals surface area contributed by atoms with Crippen molar-refractivity contribution in [1.29, 1.82) is 0 Å². The molecule has 1 amide bonds. The van der Waals surface area contributed by atoms with E-state index in [0.29, 0.717) is 5.13 Å². The van der Waals surface area contributed by atoms with Crippen molar-refractivity contribution in [3.63, 3.8) is 0 Å². The summed E-state index contributed by atoms with van der Waals surface area (Å²) >= 11 is 1.39. The Bertz CT molecular complexity index is 844. The van der Waals surface area contributed by atoms with Crippen LogP contribution in [0.25, 0.3) is 10.2 Å². The van der Waals surface area contributed by atoms with Crippen molar-refractivity contribution in [2.45, 2.75) is 25.5 Å². The van der Waals surface area contributed by atoms with Crippen molar-refractivity contribution < 1.29 is 13.2 Å². The van der Waals surface area contributed by atoms with Gasteiger partial charge in [-0.15, -0.1) is 0 Å². The molecule has 1 aliphatic rings. The van der Waals surface area contributed by atoms with Crippen LogP contribution in [0.3, 0.4) is 0 Å². The molecule has 1 aromatic carbocycles. The summed E-state index contributed by atoms with van der Waals surface area (Å²) in [6.45, 7) is 4.06. The fourth-order valence-electron chi connectivity index (χ4n) is 2.38. The number of aryl methyl sites for hydroxylation is 2. The second-order valence-electron chi connectivity index (χ2n) is 5.16. The van der Waals surface area contributed by atoms with Crippen LogP contribution in [0.4, 0.5) is 5.13 Å². The molecule has 1 unspecified atom stereocenters. The van der Waals surface area contributed by atoms with Gasteiger partial charge in [0, 0.05) is 23.6 Å². The zero-order chi connectivity index (χ0) is 15.4. The van der Waals surface area contributed by atoms with E-state index in [1.54, 1.807) is 0 Å². The van der Waals surface area contributed by atoms with Crippen molar-refractivity contribution in [3.05, 3.63) is 23.3 Å². The molecule has 1 aliphatic heterocycles. The second kappa shape index (κ2) is 4.93. The Morgan fingerprint density at radius 2 is 2.10 bits per heavy atom. The smallest absolute Gasteiger partial charge is 0.237 e. The zero-order valence-corrected chi connectivity index (χ0v) is 13.8. The summed E-state index contributed by atoms with van der Waals surface area (Å²) in [5.41, 5.74) is 3.07. The van der Waals surface area contributed by atoms with Gasteiger partial charge in [0.25, 0.3) is 0 Å². The standard InChI is InChI=1S/C13H13ClN2O3S2/c1-7-3-4-10-12(8(7)2)15-13(20-10)16-6-9(5-11(16)17)21(14,18)19/h3-4,9H,5-6H2,1-2H3. The fraction of sp³-hybridized carbons (Fsp3) is 0.385. The van der Waals surface area contributed by atoms with Crippen LogP contribution in [0.15, 0.2) is 12.1 Å². The molecule has 2 heterocycles. The third-order valence-electron chi connectivity index (χ3n) is 3.79. The average Bonchev–Trinajstić information content (AvgIpc) is 2.97. The molecule has 8 heteroatoms. The van der Waals surface area contributed by atoms with Gasteiger partial charge in [-0.2, -0.15) is 0 Å². The number of halogens is 1. The maximum Gasteiger partial charge on any atom is 0.237 e. The molecule has 0 aliphatic carbocycles. The van der Waals surface area contributed by atoms with Crippen LogP contribution in [0.5, 0.6) is 0 Å². The largest absolute Gasteiger partial charge is 0.287 e. The van der Waals surface area contributed by atoms with Gasteiger partial charge < -0.3 is 0 Å². The molecule has 1 aromatic heterocycles. The molecular formula is C13H13ClN2O3S2. The lowest BCUT2D eigenvalue weighted by Crippen LogP contribution is -2.26. The number of hydrogen-bond acceptors (Lipinski definition) is 5. The number of nitrogens with zero attached hydrogens (tertiary/aromatic N) is 2. The third-order valence-corrected chi connectivity index (χ3v) is 6.70. The Morgan fingerprint density at radius 3 is 2.71 bits per heavy atom. The van der Waals surface area contributed by atoms with E-state index in [9.17, 15) is 13.2 Å². The van der Waals surface area contributed by atoms with Crippen molar-refractivity contribution in [2.75, 3.05) is 11.4 Å². The first-order valence-corrected chi connectivity index (χ1v) is 9.57. The lowest BCUT2D eigenvalue weighted by atomic mass is 10.1. The normalized spacial score (nSPS) is 19.7. The zero-order valence-electron chi connectivity index (χ0n) is 11.5. The monoisotopic (exact) mass is 344 g/mol. The van der Waals surface area contributed by atoms with Crippen LogP contribution in [0.1, 0.15) is 17.5 Å². The van der Waals surface area contributed by atoms with E-state index in [-0.39, 0.29) is 18.9 Å². The number of rotatable bonds is 2. The SMILES string of the molecule is Cc1ccc2sc(N3CC(S(=O)(=O)Cl)CC3=O)nc2c1C. The van der Waals surface area contributed by atoms with Crippen LogP contribution in [-0.4, -0.2) is 31.1 Å². The molecule has 0 bridgehead atoms. The Balaban J connectivity index is 2.02. The molecule has 5 nitrogen and oxygen atoms in total. The maximum atomic E-state index is 12.0. The predicted molar refractivity (Wildman–Crippen MR) is 84.6 cm³/mol. The van der Waals surface area contributed by atoms with E-state index in [1.807, 2.05) is 26.0 Å². The Morgan fingerprint density at radius 1 is 1.38 bits per heavy atom. The molecule has 0 radical (unpaired) electrons. The first kappa shape index (κ1) is 14.7. The number of fused-ring (bicyclic) bond motifs is 1. The first-order valence-electron chi connectivity index (χ1n) is 6.38. The minimum atomic E-state index is -3.73. The summed E-state index contributed by atoms with van der Waals surface area (Å²) in [6, 6.07) is 3.98. The summed E-state index contributed by atoms with van der Waals surface area (Å²) in [7, 11) is 1.62. The van der Waals surface area contributed by atoms with Crippen molar-refractivity contribution in [3.8, 4) is 0 Å². The minimum absolute atomic E-state index is 0.0719. The van der Waals surface area contributed by atoms with Gasteiger partial charge in [0.2, 0.25) is 15.0 Å². The molecule has 2 aromatic rings. The highest BCUT2D eigenvalue weighted by Crippen LogP contribution is 2.35. The van der Waals surface area contributed by atoms with Gasteiger partial charge in [0.05, 0.1) is 10.2 Å². The van der Waals surface area contributed by atoms with Crippen LogP contribution >= 0.6 is 22.0 Å². The van der Waals surface area contributed by atoms with Crippen molar-refractivity contribution in [2.24, 2.45) is 0 Å². The number of hydrogen-bond donors (Lipinski definition) is 0. The van der Waals surface area contributed by atoms with Crippen molar-refractivity contribution in [1.82, 2.24) is 4.98 Å². The Labute approximate surface area is 131 Å². The summed E-state index contributed by atoms with van der Waals surface area (Å²) in [6.07, 6.45) is -0.0836. The quantitative estimate of drug-likeness (QED) is 0.785. The lowest BCUT2D eigenvalue weighted by Gasteiger charge is -2.11. The molecule has 21 heavy (non-hydrogen) atoms. The summed E-state index contributed by atoms with van der Waals surface area (Å²) in [5, 5.41) is -0.326. The van der Waals surface area contributed by atoms with E-state index in [2.05, 4.69) is 4.98 Å². The van der Waals surface area contributed by atoms with Gasteiger partial charge in [-0.25, -0.2) is 13.4 Å². The van der Waals surface area contributed by atoms with Gasteiger partial charge in [-0.1, -0.05) is 17.4 Å². The highest BCUT2D eigenvalue weighted by atomic mass is 35.7. The molecule has 0 saturated carbocycles. The fourth-order valence-corrected chi connectivity index (χ4v) is 4.46. The molecule has 0 spiro atoms. The number of amides is 1. The molecule has 1 saturated heterocycles. The van der Waals surface area contributed by atoms with Gasteiger partial charge in [0.15, 0.2) is 5.13 Å². The van der Waals surface area contributed by atoms with Crippen LogP contribution < -0.4 is 4.90 Å². The van der Waals surface area contributed by atoms with Gasteiger partial charge in [-0.05, 0) is 31.0 Å². The number of carbonyl (C=O) groups excluding carboxylic acids is 1. The van der Waals surface area contributed by atoms with Crippen LogP contribution in [-0.2, 0) is 13.8 Å². The average molecular weight is 345 g/mol. The van der Waals surface area contributed by atoms with Gasteiger partial charge >= 0.3 is 0 Å². The highest BCUT2D eigenvalue weighted by Gasteiger charge is 2.39. The first-order chi connectivity index (χ1) is 9.77. The topological polar surface area (TPSA) is 67.3 Å². The summed E-state index contributed by atoms with van der Waals surface area (Å²) in [5.74, 6) is -0.252. The Kier molecular flexibility index (Phi) is 3.46. The molecule has 1 fully saturated rings. The number of anilines is 1. The van der Waals surface area contributed by atoms with Crippen LogP contribution in [0, 0.1) is 13.8 Å². The summed E-state index contributed by atoms with van der Waals surface area (Å²) in [4.78, 5) is 18.0. The van der Waals surface area contributed by atoms with Gasteiger partial charge in [0.1, 0.15) is 5.25 Å². The lowest BCUT2D eigenvalue weighted by molar-refractivity contribution is -0.117. The molecule has 1 atom stereocenters. The maximum absolute atomic E-state index is 12.0. The number of thiazole rings is 1. The number of carbonyl (C=O) groups is 1. The molecule has 3 rings (SSSR count).